The Balaban J connectivity index is 2.33. The van der Waals surface area contributed by atoms with Gasteiger partial charge >= 0.3 is 0 Å². The highest BCUT2D eigenvalue weighted by atomic mass is 35.5. The van der Waals surface area contributed by atoms with Crippen LogP contribution in [0.5, 0.6) is 0 Å². The third kappa shape index (κ3) is 2.17. The first kappa shape index (κ1) is 13.6. The van der Waals surface area contributed by atoms with Crippen LogP contribution in [0.25, 0.3) is 10.9 Å². The lowest BCUT2D eigenvalue weighted by Crippen LogP contribution is -2.24. The molecule has 108 valence electrons. The maximum Gasteiger partial charge on any atom is 0.296 e. The molecule has 0 radical (unpaired) electrons. The number of guanidine groups is 1. The maximum absolute atomic E-state index is 12.2. The van der Waals surface area contributed by atoms with E-state index in [2.05, 4.69) is 4.99 Å². The van der Waals surface area contributed by atoms with Gasteiger partial charge in [-0.25, -0.2) is 0 Å². The maximum atomic E-state index is 12.2. The average Bonchev–Trinajstić information content (AvgIpc) is 2.71. The van der Waals surface area contributed by atoms with Crippen LogP contribution in [0.2, 0.25) is 5.02 Å². The highest BCUT2D eigenvalue weighted by molar-refractivity contribution is 6.36. The largest absolute Gasteiger partial charge is 0.370 e. The highest BCUT2D eigenvalue weighted by Crippen LogP contribution is 2.33. The molecule has 6 nitrogen and oxygen atoms in total. The number of ketones is 1. The summed E-state index contributed by atoms with van der Waals surface area (Å²) in [7, 11) is 0. The zero-order valence-corrected chi connectivity index (χ0v) is 11.9. The van der Waals surface area contributed by atoms with Gasteiger partial charge in [-0.05, 0) is 24.6 Å². The number of rotatable bonds is 1. The lowest BCUT2D eigenvalue weighted by molar-refractivity contribution is 0.0981. The van der Waals surface area contributed by atoms with Crippen molar-refractivity contribution in [3.63, 3.8) is 0 Å². The first-order chi connectivity index (χ1) is 9.99. The van der Waals surface area contributed by atoms with Gasteiger partial charge in [-0.15, -0.1) is 0 Å². The summed E-state index contributed by atoms with van der Waals surface area (Å²) < 4.78 is 1.77. The van der Waals surface area contributed by atoms with E-state index in [0.717, 1.165) is 0 Å². The summed E-state index contributed by atoms with van der Waals surface area (Å²) >= 11 is 6.19. The van der Waals surface area contributed by atoms with Gasteiger partial charge in [0, 0.05) is 23.9 Å². The number of nitrogens with zero attached hydrogens (tertiary/aromatic N) is 2. The lowest BCUT2D eigenvalue weighted by Gasteiger charge is -2.07. The zero-order chi connectivity index (χ0) is 15.1. The minimum absolute atomic E-state index is 0.0503. The number of Topliss-reactive ketones (excluding diaryl/α,β-unsaturated/α-hetero) is 1. The molecule has 1 aromatic heterocycles. The number of hydrogen-bond donors (Lipinski definition) is 2. The molecular weight excluding hydrogens is 292 g/mol. The number of aromatic nitrogens is 1. The van der Waals surface area contributed by atoms with E-state index in [1.165, 1.54) is 0 Å². The Hall–Kier alpha value is -2.34. The van der Waals surface area contributed by atoms with Gasteiger partial charge in [0.25, 0.3) is 5.91 Å². The van der Waals surface area contributed by atoms with Gasteiger partial charge in [0.1, 0.15) is 5.69 Å². The monoisotopic (exact) mass is 304 g/mol. The molecule has 1 aliphatic heterocycles. The van der Waals surface area contributed by atoms with Gasteiger partial charge in [0.15, 0.2) is 11.7 Å². The Bertz CT molecular complexity index is 803. The summed E-state index contributed by atoms with van der Waals surface area (Å²) in [4.78, 5) is 27.9. The van der Waals surface area contributed by atoms with E-state index in [9.17, 15) is 9.59 Å². The summed E-state index contributed by atoms with van der Waals surface area (Å²) in [5.41, 5.74) is 12.1. The number of aryl methyl sites for hydroxylation is 1. The van der Waals surface area contributed by atoms with Gasteiger partial charge in [-0.3, -0.25) is 9.59 Å². The Morgan fingerprint density at radius 3 is 2.81 bits per heavy atom. The normalized spacial score (nSPS) is 14.0. The van der Waals surface area contributed by atoms with Gasteiger partial charge < -0.3 is 16.0 Å². The quantitative estimate of drug-likeness (QED) is 0.618. The topological polar surface area (TPSA) is 103 Å². The molecule has 4 N–H and O–H groups in total. The fourth-order valence-electron chi connectivity index (χ4n) is 2.69. The number of nitrogens with two attached hydrogens (primary N) is 2. The van der Waals surface area contributed by atoms with Crippen molar-refractivity contribution in [3.05, 3.63) is 34.5 Å². The number of aliphatic imine (C=N–C) groups is 1. The van der Waals surface area contributed by atoms with E-state index in [0.29, 0.717) is 46.6 Å². The van der Waals surface area contributed by atoms with Gasteiger partial charge in [-0.1, -0.05) is 11.6 Å². The Labute approximate surface area is 125 Å². The first-order valence-electron chi connectivity index (χ1n) is 6.48. The van der Waals surface area contributed by atoms with Crippen molar-refractivity contribution in [3.8, 4) is 0 Å². The smallest absolute Gasteiger partial charge is 0.296 e. The second kappa shape index (κ2) is 4.89. The standard InChI is InChI=1S/C14H13ClN4O2/c15-9-4-3-7-11(20)2-1-5-19-10(6-8(9)12(7)19)13(21)18-14(16)17/h3-4,6H,1-2,5H2,(H4,16,17,18,21). The molecule has 3 rings (SSSR count). The summed E-state index contributed by atoms with van der Waals surface area (Å²) in [6.45, 7) is 0.545. The van der Waals surface area contributed by atoms with Crippen LogP contribution in [0.3, 0.4) is 0 Å². The van der Waals surface area contributed by atoms with E-state index in [-0.39, 0.29) is 11.7 Å². The molecule has 0 saturated heterocycles. The van der Waals surface area contributed by atoms with E-state index in [4.69, 9.17) is 23.1 Å². The molecule has 2 aromatic rings. The fourth-order valence-corrected chi connectivity index (χ4v) is 2.90. The minimum Gasteiger partial charge on any atom is -0.370 e. The van der Waals surface area contributed by atoms with Crippen LogP contribution in [-0.2, 0) is 6.54 Å². The molecule has 1 aliphatic rings. The average molecular weight is 305 g/mol. The van der Waals surface area contributed by atoms with Crippen molar-refractivity contribution < 1.29 is 9.59 Å². The van der Waals surface area contributed by atoms with Crippen molar-refractivity contribution >= 4 is 40.2 Å². The van der Waals surface area contributed by atoms with Crippen molar-refractivity contribution in [2.75, 3.05) is 0 Å². The molecule has 0 unspecified atom stereocenters. The minimum atomic E-state index is -0.539. The van der Waals surface area contributed by atoms with E-state index < -0.39 is 5.91 Å². The predicted octanol–water partition coefficient (Wildman–Crippen LogP) is 1.68. The predicted molar refractivity (Wildman–Crippen MR) is 80.7 cm³/mol. The number of carbonyl (C=O) groups excluding carboxylic acids is 2. The summed E-state index contributed by atoms with van der Waals surface area (Å²) in [6, 6.07) is 5.00. The molecule has 0 saturated carbocycles. The molecule has 1 aromatic carbocycles. The van der Waals surface area contributed by atoms with Crippen LogP contribution < -0.4 is 11.5 Å². The van der Waals surface area contributed by atoms with Crippen molar-refractivity contribution in [2.45, 2.75) is 19.4 Å². The number of amides is 1. The highest BCUT2D eigenvalue weighted by Gasteiger charge is 2.24. The zero-order valence-electron chi connectivity index (χ0n) is 11.1. The molecular formula is C14H13ClN4O2. The van der Waals surface area contributed by atoms with E-state index in [1.807, 2.05) is 0 Å². The summed E-state index contributed by atoms with van der Waals surface area (Å²) in [5.74, 6) is -0.786. The van der Waals surface area contributed by atoms with Gasteiger partial charge in [0.05, 0.1) is 10.5 Å². The SMILES string of the molecule is NC(N)=NC(=O)c1cc2c(Cl)ccc3c2n1CCCC3=O. The molecule has 7 heteroatoms. The van der Waals surface area contributed by atoms with Crippen molar-refractivity contribution in [2.24, 2.45) is 16.5 Å². The van der Waals surface area contributed by atoms with Crippen LogP contribution in [0.15, 0.2) is 23.2 Å². The first-order valence-corrected chi connectivity index (χ1v) is 6.85. The molecule has 0 spiro atoms. The van der Waals surface area contributed by atoms with Crippen LogP contribution in [0, 0.1) is 0 Å². The number of hydrogen-bond acceptors (Lipinski definition) is 2. The molecule has 0 bridgehead atoms. The second-order valence-electron chi connectivity index (χ2n) is 4.91. The van der Waals surface area contributed by atoms with Crippen molar-refractivity contribution in [1.82, 2.24) is 4.57 Å². The molecule has 1 amide bonds. The third-order valence-electron chi connectivity index (χ3n) is 3.54. The number of carbonyl (C=O) groups is 2. The molecule has 0 fully saturated rings. The number of halogens is 1. The summed E-state index contributed by atoms with van der Waals surface area (Å²) in [6.07, 6.45) is 1.09. The van der Waals surface area contributed by atoms with Gasteiger partial charge in [-0.2, -0.15) is 4.99 Å². The Morgan fingerprint density at radius 1 is 1.33 bits per heavy atom. The number of benzene rings is 1. The van der Waals surface area contributed by atoms with Crippen LogP contribution >= 0.6 is 11.6 Å². The van der Waals surface area contributed by atoms with Crippen LogP contribution in [0.4, 0.5) is 0 Å². The molecule has 2 heterocycles. The van der Waals surface area contributed by atoms with E-state index in [1.54, 1.807) is 22.8 Å². The fraction of sp³-hybridized carbons (Fsp3) is 0.214. The Morgan fingerprint density at radius 2 is 2.10 bits per heavy atom. The van der Waals surface area contributed by atoms with Crippen LogP contribution in [0.1, 0.15) is 33.7 Å². The molecule has 0 aliphatic carbocycles. The van der Waals surface area contributed by atoms with Crippen molar-refractivity contribution in [1.29, 1.82) is 0 Å². The Kier molecular flexibility index (Phi) is 3.17. The third-order valence-corrected chi connectivity index (χ3v) is 3.87. The molecule has 21 heavy (non-hydrogen) atoms. The van der Waals surface area contributed by atoms with E-state index >= 15 is 0 Å². The lowest BCUT2D eigenvalue weighted by atomic mass is 10.1. The van der Waals surface area contributed by atoms with Gasteiger partial charge in [0.2, 0.25) is 0 Å². The van der Waals surface area contributed by atoms with Crippen LogP contribution in [-0.4, -0.2) is 22.2 Å². The second-order valence-corrected chi connectivity index (χ2v) is 5.31. The molecule has 0 atom stereocenters. The summed E-state index contributed by atoms with van der Waals surface area (Å²) in [5, 5.41) is 1.15.